The zero-order valence-corrected chi connectivity index (χ0v) is 17.8. The second kappa shape index (κ2) is 10.3. The molecule has 0 spiro atoms. The molecule has 2 rings (SSSR count). The molecule has 0 atom stereocenters. The van der Waals surface area contributed by atoms with E-state index in [1.165, 1.54) is 0 Å². The maximum absolute atomic E-state index is 12.7. The number of Topliss-reactive ketones (excluding diaryl/α,β-unsaturated/α-hetero) is 1. The van der Waals surface area contributed by atoms with Crippen LogP contribution in [0.4, 0.5) is 4.79 Å². The van der Waals surface area contributed by atoms with Gasteiger partial charge >= 0.3 is 6.09 Å². The average molecular weight is 405 g/mol. The quantitative estimate of drug-likeness (QED) is 0.556. The number of amides is 2. The van der Waals surface area contributed by atoms with Crippen molar-refractivity contribution >= 4 is 17.8 Å². The van der Waals surface area contributed by atoms with Crippen LogP contribution in [0.5, 0.6) is 5.75 Å². The monoisotopic (exact) mass is 404 g/mol. The number of nitrogens with one attached hydrogen (secondary N) is 1. The van der Waals surface area contributed by atoms with Crippen LogP contribution >= 0.6 is 0 Å². The van der Waals surface area contributed by atoms with Crippen LogP contribution in [-0.4, -0.2) is 55.0 Å². The van der Waals surface area contributed by atoms with Gasteiger partial charge in [0.15, 0.2) is 5.78 Å². The summed E-state index contributed by atoms with van der Waals surface area (Å²) in [4.78, 5) is 38.4. The molecule has 160 valence electrons. The number of hydrogen-bond donors (Lipinski definition) is 1. The van der Waals surface area contributed by atoms with Crippen molar-refractivity contribution in [3.8, 4) is 5.75 Å². The Bertz CT molecular complexity index is 701. The highest BCUT2D eigenvalue weighted by Crippen LogP contribution is 2.23. The summed E-state index contributed by atoms with van der Waals surface area (Å²) >= 11 is 0. The molecule has 0 bridgehead atoms. The summed E-state index contributed by atoms with van der Waals surface area (Å²) in [5.74, 6) is 0.858. The standard InChI is InChI=1S/C22H32N2O5/c1-22(2,3)29-21(27)23-13-5-6-19(25)24-14-11-17(12-15-24)20(26)16-7-9-18(28-4)10-8-16/h7-10,17H,5-6,11-15H2,1-4H3,(H,23,27). The fraction of sp³-hybridized carbons (Fsp3) is 0.591. The number of ketones is 1. The third-order valence-corrected chi connectivity index (χ3v) is 4.83. The van der Waals surface area contributed by atoms with Crippen molar-refractivity contribution in [2.24, 2.45) is 5.92 Å². The summed E-state index contributed by atoms with van der Waals surface area (Å²) in [5, 5.41) is 2.66. The van der Waals surface area contributed by atoms with Gasteiger partial charge in [-0.1, -0.05) is 0 Å². The lowest BCUT2D eigenvalue weighted by Gasteiger charge is -2.31. The topological polar surface area (TPSA) is 84.9 Å². The Morgan fingerprint density at radius 1 is 1.10 bits per heavy atom. The number of ether oxygens (including phenoxy) is 2. The van der Waals surface area contributed by atoms with E-state index in [0.29, 0.717) is 50.9 Å². The molecule has 1 aliphatic rings. The summed E-state index contributed by atoms with van der Waals surface area (Å²) in [5.41, 5.74) is 0.150. The van der Waals surface area contributed by atoms with Crippen molar-refractivity contribution in [3.05, 3.63) is 29.8 Å². The second-order valence-corrected chi connectivity index (χ2v) is 8.28. The SMILES string of the molecule is COc1ccc(C(=O)C2CCN(C(=O)CCCNC(=O)OC(C)(C)C)CC2)cc1. The molecule has 1 fully saturated rings. The maximum Gasteiger partial charge on any atom is 0.407 e. The van der Waals surface area contributed by atoms with E-state index in [1.807, 2.05) is 4.90 Å². The summed E-state index contributed by atoms with van der Waals surface area (Å²) in [7, 11) is 1.59. The first-order valence-electron chi connectivity index (χ1n) is 10.1. The third-order valence-electron chi connectivity index (χ3n) is 4.83. The Kier molecular flexibility index (Phi) is 8.05. The maximum atomic E-state index is 12.7. The van der Waals surface area contributed by atoms with E-state index in [-0.39, 0.29) is 17.6 Å². The predicted octanol–water partition coefficient (Wildman–Crippen LogP) is 3.42. The molecule has 1 N–H and O–H groups in total. The molecule has 1 aliphatic heterocycles. The van der Waals surface area contributed by atoms with Crippen molar-refractivity contribution in [1.82, 2.24) is 10.2 Å². The van der Waals surface area contributed by atoms with Crippen molar-refractivity contribution < 1.29 is 23.9 Å². The second-order valence-electron chi connectivity index (χ2n) is 8.28. The van der Waals surface area contributed by atoms with Gasteiger partial charge in [0.05, 0.1) is 7.11 Å². The third kappa shape index (κ3) is 7.40. The van der Waals surface area contributed by atoms with Crippen molar-refractivity contribution in [3.63, 3.8) is 0 Å². The highest BCUT2D eigenvalue weighted by atomic mass is 16.6. The molecule has 7 heteroatoms. The molecule has 0 aliphatic carbocycles. The van der Waals surface area contributed by atoms with E-state index in [2.05, 4.69) is 5.32 Å². The Morgan fingerprint density at radius 3 is 2.28 bits per heavy atom. The van der Waals surface area contributed by atoms with Gasteiger partial charge in [-0.3, -0.25) is 9.59 Å². The number of methoxy groups -OCH3 is 1. The van der Waals surface area contributed by atoms with Crippen LogP contribution < -0.4 is 10.1 Å². The molecule has 29 heavy (non-hydrogen) atoms. The van der Waals surface area contributed by atoms with E-state index in [9.17, 15) is 14.4 Å². The molecule has 1 heterocycles. The predicted molar refractivity (Wildman–Crippen MR) is 110 cm³/mol. The Labute approximate surface area is 172 Å². The molecule has 1 aromatic carbocycles. The minimum Gasteiger partial charge on any atom is -0.497 e. The number of rotatable bonds is 7. The molecular formula is C22H32N2O5. The van der Waals surface area contributed by atoms with Gasteiger partial charge in [-0.25, -0.2) is 4.79 Å². The summed E-state index contributed by atoms with van der Waals surface area (Å²) in [6.45, 7) is 6.99. The number of alkyl carbamates (subject to hydrolysis) is 1. The van der Waals surface area contributed by atoms with E-state index in [1.54, 1.807) is 52.1 Å². The van der Waals surface area contributed by atoms with E-state index in [4.69, 9.17) is 9.47 Å². The van der Waals surface area contributed by atoms with Crippen LogP contribution in [0.1, 0.15) is 56.8 Å². The zero-order chi connectivity index (χ0) is 21.4. The highest BCUT2D eigenvalue weighted by Gasteiger charge is 2.27. The summed E-state index contributed by atoms with van der Waals surface area (Å²) < 4.78 is 10.3. The smallest absolute Gasteiger partial charge is 0.407 e. The van der Waals surface area contributed by atoms with Crippen LogP contribution in [0.2, 0.25) is 0 Å². The fourth-order valence-electron chi connectivity index (χ4n) is 3.28. The zero-order valence-electron chi connectivity index (χ0n) is 17.8. The first-order valence-corrected chi connectivity index (χ1v) is 10.1. The number of benzene rings is 1. The molecule has 0 radical (unpaired) electrons. The van der Waals surface area contributed by atoms with Gasteiger partial charge in [0, 0.05) is 37.5 Å². The summed E-state index contributed by atoms with van der Waals surface area (Å²) in [6, 6.07) is 7.15. The van der Waals surface area contributed by atoms with Crippen LogP contribution in [-0.2, 0) is 9.53 Å². The van der Waals surface area contributed by atoms with Crippen LogP contribution in [0.25, 0.3) is 0 Å². The largest absolute Gasteiger partial charge is 0.497 e. The molecule has 1 aromatic rings. The Hall–Kier alpha value is -2.57. The first kappa shape index (κ1) is 22.7. The summed E-state index contributed by atoms with van der Waals surface area (Å²) in [6.07, 6.45) is 1.80. The Balaban J connectivity index is 1.69. The molecule has 0 saturated carbocycles. The number of carbonyl (C=O) groups is 3. The Morgan fingerprint density at radius 2 is 1.72 bits per heavy atom. The minimum absolute atomic E-state index is 0.0544. The number of piperidine rings is 1. The molecule has 7 nitrogen and oxygen atoms in total. The van der Waals surface area contributed by atoms with E-state index in [0.717, 1.165) is 5.75 Å². The number of nitrogens with zero attached hydrogens (tertiary/aromatic N) is 1. The molecule has 0 unspecified atom stereocenters. The average Bonchev–Trinajstić information content (AvgIpc) is 2.69. The van der Waals surface area contributed by atoms with Crippen molar-refractivity contribution in [1.29, 1.82) is 0 Å². The van der Waals surface area contributed by atoms with Crippen LogP contribution in [0.15, 0.2) is 24.3 Å². The fourth-order valence-corrected chi connectivity index (χ4v) is 3.28. The highest BCUT2D eigenvalue weighted by molar-refractivity contribution is 5.98. The normalized spacial score (nSPS) is 15.0. The number of likely N-dealkylation sites (tertiary alicyclic amines) is 1. The van der Waals surface area contributed by atoms with Crippen LogP contribution in [0.3, 0.4) is 0 Å². The van der Waals surface area contributed by atoms with Gasteiger partial charge in [0.1, 0.15) is 11.4 Å². The lowest BCUT2D eigenvalue weighted by atomic mass is 9.88. The molecular weight excluding hydrogens is 372 g/mol. The van der Waals surface area contributed by atoms with Crippen molar-refractivity contribution in [2.75, 3.05) is 26.7 Å². The van der Waals surface area contributed by atoms with Gasteiger partial charge < -0.3 is 19.7 Å². The van der Waals surface area contributed by atoms with Gasteiger partial charge in [-0.05, 0) is 64.3 Å². The lowest BCUT2D eigenvalue weighted by molar-refractivity contribution is -0.132. The van der Waals surface area contributed by atoms with Gasteiger partial charge in [-0.2, -0.15) is 0 Å². The minimum atomic E-state index is -0.534. The van der Waals surface area contributed by atoms with Crippen LogP contribution in [0, 0.1) is 5.92 Å². The van der Waals surface area contributed by atoms with Gasteiger partial charge in [-0.15, -0.1) is 0 Å². The number of hydrogen-bond acceptors (Lipinski definition) is 5. The van der Waals surface area contributed by atoms with Gasteiger partial charge in [0.2, 0.25) is 5.91 Å². The van der Waals surface area contributed by atoms with E-state index < -0.39 is 11.7 Å². The molecule has 0 aromatic heterocycles. The molecule has 2 amide bonds. The van der Waals surface area contributed by atoms with Crippen molar-refractivity contribution in [2.45, 2.75) is 52.1 Å². The number of carbonyl (C=O) groups excluding carboxylic acids is 3. The van der Waals surface area contributed by atoms with Gasteiger partial charge in [0.25, 0.3) is 0 Å². The first-order chi connectivity index (χ1) is 13.7. The molecule has 1 saturated heterocycles. The van der Waals surface area contributed by atoms with E-state index >= 15 is 0 Å². The lowest BCUT2D eigenvalue weighted by Crippen LogP contribution is -2.40.